The van der Waals surface area contributed by atoms with E-state index < -0.39 is 39.4 Å². The van der Waals surface area contributed by atoms with E-state index >= 15 is 0 Å². The highest BCUT2D eigenvalue weighted by atomic mass is 32.2. The van der Waals surface area contributed by atoms with Gasteiger partial charge in [0.1, 0.15) is 5.41 Å². The molecule has 2 aromatic carbocycles. The maximum absolute atomic E-state index is 13.8. The predicted molar refractivity (Wildman–Crippen MR) is 147 cm³/mol. The van der Waals surface area contributed by atoms with Crippen molar-refractivity contribution in [3.05, 3.63) is 59.6 Å². The average Bonchev–Trinajstić information content (AvgIpc) is 3.59. The van der Waals surface area contributed by atoms with E-state index in [1.54, 1.807) is 17.6 Å². The first-order valence-corrected chi connectivity index (χ1v) is 15.0. The van der Waals surface area contributed by atoms with Gasteiger partial charge in [-0.2, -0.15) is 4.31 Å². The summed E-state index contributed by atoms with van der Waals surface area (Å²) in [6.45, 7) is 3.91. The quantitative estimate of drug-likeness (QED) is 0.275. The van der Waals surface area contributed by atoms with Gasteiger partial charge in [-0.05, 0) is 48.9 Å². The Balaban J connectivity index is 1.62. The molecule has 204 valence electrons. The molecular weight excluding hydrogens is 524 g/mol. The standard InChI is InChI=1S/C27H34N4O5S2/c1-3-18(2)15-31(38(35,36)20-9-10-21-24(14-20)37-17-29-21)16-23(32)22(13-19-7-5-4-6-8-19)30-26(34)27(11-12-27)25(28)33/h4-10,14,17-18,22-23,32H,3,11-13,15-16H2,1-2H3,(H2,28,33)(H,30,34)/t18-,22-,23+/m0/s1. The van der Waals surface area contributed by atoms with E-state index in [4.69, 9.17) is 5.73 Å². The molecular formula is C27H34N4O5S2. The minimum Gasteiger partial charge on any atom is -0.390 e. The molecule has 1 heterocycles. The number of nitrogens with one attached hydrogen (secondary N) is 1. The van der Waals surface area contributed by atoms with E-state index in [1.165, 1.54) is 21.7 Å². The van der Waals surface area contributed by atoms with Crippen LogP contribution in [0.15, 0.2) is 58.9 Å². The molecule has 1 aliphatic carbocycles. The lowest BCUT2D eigenvalue weighted by Crippen LogP contribution is -2.54. The number of carbonyl (C=O) groups excluding carboxylic acids is 2. The van der Waals surface area contributed by atoms with Crippen molar-refractivity contribution >= 4 is 43.4 Å². The number of nitrogens with two attached hydrogens (primary N) is 1. The third kappa shape index (κ3) is 6.06. The van der Waals surface area contributed by atoms with Crippen LogP contribution in [0.1, 0.15) is 38.7 Å². The number of primary amides is 1. The second-order valence-electron chi connectivity index (χ2n) is 10.1. The first-order valence-electron chi connectivity index (χ1n) is 12.7. The van der Waals surface area contributed by atoms with E-state index in [9.17, 15) is 23.1 Å². The smallest absolute Gasteiger partial charge is 0.243 e. The van der Waals surface area contributed by atoms with Crippen molar-refractivity contribution in [2.45, 2.75) is 56.6 Å². The molecule has 3 aromatic rings. The van der Waals surface area contributed by atoms with Gasteiger partial charge >= 0.3 is 0 Å². The number of rotatable bonds is 13. The van der Waals surface area contributed by atoms with Crippen LogP contribution in [0, 0.1) is 11.3 Å². The number of amides is 2. The van der Waals surface area contributed by atoms with Gasteiger partial charge < -0.3 is 16.2 Å². The van der Waals surface area contributed by atoms with Crippen molar-refractivity contribution in [2.24, 2.45) is 17.1 Å². The van der Waals surface area contributed by atoms with E-state index in [0.29, 0.717) is 12.8 Å². The molecule has 11 heteroatoms. The number of hydrogen-bond acceptors (Lipinski definition) is 7. The third-order valence-corrected chi connectivity index (χ3v) is 9.90. The first kappa shape index (κ1) is 28.2. The number of fused-ring (bicyclic) bond motifs is 1. The lowest BCUT2D eigenvalue weighted by Gasteiger charge is -2.31. The summed E-state index contributed by atoms with van der Waals surface area (Å²) in [7, 11) is -3.97. The Hall–Kier alpha value is -2.86. The van der Waals surface area contributed by atoms with E-state index in [1.807, 2.05) is 44.2 Å². The van der Waals surface area contributed by atoms with Crippen molar-refractivity contribution in [1.82, 2.24) is 14.6 Å². The van der Waals surface area contributed by atoms with Crippen molar-refractivity contribution in [3.63, 3.8) is 0 Å². The largest absolute Gasteiger partial charge is 0.390 e. The average molecular weight is 559 g/mol. The Morgan fingerprint density at radius 1 is 1.18 bits per heavy atom. The van der Waals surface area contributed by atoms with Gasteiger partial charge in [-0.3, -0.25) is 9.59 Å². The summed E-state index contributed by atoms with van der Waals surface area (Å²) in [6.07, 6.45) is 0.482. The van der Waals surface area contributed by atoms with Gasteiger partial charge in [-0.15, -0.1) is 11.3 Å². The van der Waals surface area contributed by atoms with Crippen LogP contribution in [0.5, 0.6) is 0 Å². The lowest BCUT2D eigenvalue weighted by molar-refractivity contribution is -0.136. The molecule has 1 fully saturated rings. The van der Waals surface area contributed by atoms with Gasteiger partial charge in [-0.25, -0.2) is 13.4 Å². The highest BCUT2D eigenvalue weighted by Gasteiger charge is 2.56. The summed E-state index contributed by atoms with van der Waals surface area (Å²) in [5, 5.41) is 14.2. The zero-order valence-electron chi connectivity index (χ0n) is 21.5. The highest BCUT2D eigenvalue weighted by Crippen LogP contribution is 2.45. The van der Waals surface area contributed by atoms with Gasteiger partial charge in [-0.1, -0.05) is 50.6 Å². The Bertz CT molecular complexity index is 1390. The van der Waals surface area contributed by atoms with Gasteiger partial charge in [0, 0.05) is 13.1 Å². The van der Waals surface area contributed by atoms with Crippen LogP contribution >= 0.6 is 11.3 Å². The van der Waals surface area contributed by atoms with Gasteiger partial charge in [0.15, 0.2) is 0 Å². The second kappa shape index (κ2) is 11.5. The molecule has 0 unspecified atom stereocenters. The number of hydrogen-bond donors (Lipinski definition) is 3. The zero-order chi connectivity index (χ0) is 27.5. The van der Waals surface area contributed by atoms with Gasteiger partial charge in [0.25, 0.3) is 0 Å². The number of carbonyl (C=O) groups is 2. The molecule has 0 bridgehead atoms. The Morgan fingerprint density at radius 3 is 2.53 bits per heavy atom. The van der Waals surface area contributed by atoms with Crippen LogP contribution in [-0.4, -0.2) is 59.9 Å². The van der Waals surface area contributed by atoms with Crippen LogP contribution < -0.4 is 11.1 Å². The van der Waals surface area contributed by atoms with Crippen molar-refractivity contribution in [2.75, 3.05) is 13.1 Å². The van der Waals surface area contributed by atoms with E-state index in [0.717, 1.165) is 22.2 Å². The topological polar surface area (TPSA) is 143 Å². The number of aromatic nitrogens is 1. The minimum absolute atomic E-state index is 0.0378. The fourth-order valence-electron chi connectivity index (χ4n) is 4.40. The summed E-state index contributed by atoms with van der Waals surface area (Å²) < 4.78 is 29.6. The second-order valence-corrected chi connectivity index (χ2v) is 12.9. The normalized spacial score (nSPS) is 17.2. The Kier molecular flexibility index (Phi) is 8.51. The summed E-state index contributed by atoms with van der Waals surface area (Å²) in [5.74, 6) is -1.18. The Labute approximate surface area is 227 Å². The number of nitrogens with zero attached hydrogens (tertiary/aromatic N) is 2. The van der Waals surface area contributed by atoms with Crippen LogP contribution in [0.25, 0.3) is 10.2 Å². The molecule has 0 saturated heterocycles. The number of thiazole rings is 1. The molecule has 1 aromatic heterocycles. The predicted octanol–water partition coefficient (Wildman–Crippen LogP) is 2.69. The zero-order valence-corrected chi connectivity index (χ0v) is 23.2. The molecule has 0 radical (unpaired) electrons. The lowest BCUT2D eigenvalue weighted by atomic mass is 9.98. The molecule has 0 aliphatic heterocycles. The van der Waals surface area contributed by atoms with Crippen LogP contribution in [0.3, 0.4) is 0 Å². The van der Waals surface area contributed by atoms with Crippen molar-refractivity contribution in [1.29, 1.82) is 0 Å². The first-order chi connectivity index (χ1) is 18.1. The summed E-state index contributed by atoms with van der Waals surface area (Å²) in [4.78, 5) is 29.3. The van der Waals surface area contributed by atoms with Gasteiger partial charge in [0.2, 0.25) is 21.8 Å². The summed E-state index contributed by atoms with van der Waals surface area (Å²) in [6, 6.07) is 13.3. The monoisotopic (exact) mass is 558 g/mol. The number of aliphatic hydroxyl groups is 1. The van der Waals surface area contributed by atoms with Crippen LogP contribution in [-0.2, 0) is 26.0 Å². The fourth-order valence-corrected chi connectivity index (χ4v) is 6.79. The number of aliphatic hydroxyl groups excluding tert-OH is 1. The summed E-state index contributed by atoms with van der Waals surface area (Å²) >= 11 is 1.36. The molecule has 9 nitrogen and oxygen atoms in total. The molecule has 1 aliphatic rings. The third-order valence-electron chi connectivity index (χ3n) is 7.28. The highest BCUT2D eigenvalue weighted by molar-refractivity contribution is 7.89. The SMILES string of the molecule is CC[C@H](C)CN(C[C@@H](O)[C@H](Cc1ccccc1)NC(=O)C1(C(N)=O)CC1)S(=O)(=O)c1ccc2ncsc2c1. The van der Waals surface area contributed by atoms with Crippen LogP contribution in [0.4, 0.5) is 0 Å². The number of benzene rings is 2. The summed E-state index contributed by atoms with van der Waals surface area (Å²) in [5.41, 5.74) is 7.46. The van der Waals surface area contributed by atoms with Crippen molar-refractivity contribution in [3.8, 4) is 0 Å². The van der Waals surface area contributed by atoms with Crippen LogP contribution in [0.2, 0.25) is 0 Å². The van der Waals surface area contributed by atoms with Crippen molar-refractivity contribution < 1.29 is 23.1 Å². The van der Waals surface area contributed by atoms with E-state index in [2.05, 4.69) is 10.3 Å². The van der Waals surface area contributed by atoms with Gasteiger partial charge in [0.05, 0.1) is 32.8 Å². The fraction of sp³-hybridized carbons (Fsp3) is 0.444. The molecule has 0 spiro atoms. The van der Waals surface area contributed by atoms with E-state index in [-0.39, 0.29) is 30.3 Å². The molecule has 3 atom stereocenters. The maximum atomic E-state index is 13.8. The molecule has 4 N–H and O–H groups in total. The minimum atomic E-state index is -3.97. The number of sulfonamides is 1. The molecule has 1 saturated carbocycles. The molecule has 38 heavy (non-hydrogen) atoms. The molecule has 2 amide bonds. The Morgan fingerprint density at radius 2 is 1.89 bits per heavy atom. The molecule has 4 rings (SSSR count). The maximum Gasteiger partial charge on any atom is 0.243 e.